The van der Waals surface area contributed by atoms with Gasteiger partial charge in [0.25, 0.3) is 0 Å². The molecule has 3 aromatic rings. The highest BCUT2D eigenvalue weighted by Crippen LogP contribution is 2.22. The lowest BCUT2D eigenvalue weighted by Gasteiger charge is -2.27. The summed E-state index contributed by atoms with van der Waals surface area (Å²) >= 11 is 6.06. The Bertz CT molecular complexity index is 954. The maximum absolute atomic E-state index is 13.2. The highest BCUT2D eigenvalue weighted by molar-refractivity contribution is 6.30. The zero-order valence-electron chi connectivity index (χ0n) is 15.3. The predicted octanol–water partition coefficient (Wildman–Crippen LogP) is 4.41. The maximum atomic E-state index is 13.2. The van der Waals surface area contributed by atoms with Gasteiger partial charge in [-0.25, -0.2) is 4.39 Å². The summed E-state index contributed by atoms with van der Waals surface area (Å²) in [5.41, 5.74) is 1.44. The van der Waals surface area contributed by atoms with Crippen LogP contribution in [0.1, 0.15) is 0 Å². The fourth-order valence-electron chi connectivity index (χ4n) is 2.74. The van der Waals surface area contributed by atoms with Crippen LogP contribution in [0, 0.1) is 5.82 Å². The highest BCUT2D eigenvalue weighted by Gasteiger charge is 2.17. The Balaban J connectivity index is 0.00000240. The first-order valence-corrected chi connectivity index (χ1v) is 9.17. The second kappa shape index (κ2) is 9.69. The number of hydrogen-bond donors (Lipinski definition) is 2. The Morgan fingerprint density at radius 3 is 2.21 bits per heavy atom. The van der Waals surface area contributed by atoms with Crippen LogP contribution in [0.5, 0.6) is 0 Å². The van der Waals surface area contributed by atoms with Crippen molar-refractivity contribution < 1.29 is 9.13 Å². The van der Waals surface area contributed by atoms with Gasteiger partial charge in [0.05, 0.1) is 13.2 Å². The predicted molar refractivity (Wildman–Crippen MR) is 115 cm³/mol. The number of rotatable bonds is 5. The summed E-state index contributed by atoms with van der Waals surface area (Å²) < 4.78 is 18.6. The summed E-state index contributed by atoms with van der Waals surface area (Å²) in [5.74, 6) is 0.960. The summed E-state index contributed by atoms with van der Waals surface area (Å²) in [7, 11) is 0. The number of nitrogens with one attached hydrogen (secondary N) is 2. The molecule has 2 heterocycles. The van der Waals surface area contributed by atoms with E-state index in [-0.39, 0.29) is 18.2 Å². The van der Waals surface area contributed by atoms with Crippen molar-refractivity contribution in [3.63, 3.8) is 0 Å². The first-order chi connectivity index (χ1) is 13.7. The van der Waals surface area contributed by atoms with Crippen molar-refractivity contribution in [2.24, 2.45) is 0 Å². The van der Waals surface area contributed by atoms with E-state index < -0.39 is 0 Å². The third-order valence-electron chi connectivity index (χ3n) is 4.10. The molecular formula is C19H19Cl2FN6O. The molecule has 1 aliphatic rings. The van der Waals surface area contributed by atoms with Crippen LogP contribution in [-0.4, -0.2) is 41.3 Å². The fraction of sp³-hybridized carbons (Fsp3) is 0.211. The summed E-state index contributed by atoms with van der Waals surface area (Å²) in [6.45, 7) is 2.61. The number of benzene rings is 2. The number of hydrogen-bond acceptors (Lipinski definition) is 7. The van der Waals surface area contributed by atoms with Gasteiger partial charge in [0.15, 0.2) is 0 Å². The van der Waals surface area contributed by atoms with Gasteiger partial charge >= 0.3 is 0 Å². The normalized spacial score (nSPS) is 13.5. The number of aromatic nitrogens is 3. The molecule has 7 nitrogen and oxygen atoms in total. The molecule has 0 atom stereocenters. The molecule has 10 heteroatoms. The standard InChI is InChI=1S/C19H18ClFN6O.ClH/c20-13-2-1-3-16(12-13)23-18-24-17(22-15-6-4-14(21)5-7-15)25-19(26-18)27-8-10-28-11-9-27;/h1-7,12H,8-11H2,(H2,22,23,24,25,26);1H. The minimum absolute atomic E-state index is 0. The number of nitrogens with zero attached hydrogens (tertiary/aromatic N) is 4. The van der Waals surface area contributed by atoms with Crippen LogP contribution in [0.3, 0.4) is 0 Å². The van der Waals surface area contributed by atoms with E-state index >= 15 is 0 Å². The summed E-state index contributed by atoms with van der Waals surface area (Å²) in [5, 5.41) is 6.86. The molecule has 0 amide bonds. The molecule has 0 aliphatic carbocycles. The zero-order valence-corrected chi connectivity index (χ0v) is 16.9. The van der Waals surface area contributed by atoms with Gasteiger partial charge in [-0.3, -0.25) is 0 Å². The minimum atomic E-state index is -0.307. The minimum Gasteiger partial charge on any atom is -0.378 e. The third kappa shape index (κ3) is 5.66. The van der Waals surface area contributed by atoms with Crippen LogP contribution in [0.25, 0.3) is 0 Å². The van der Waals surface area contributed by atoms with E-state index in [1.54, 1.807) is 24.3 Å². The van der Waals surface area contributed by atoms with Crippen molar-refractivity contribution in [3.05, 3.63) is 59.4 Å². The number of ether oxygens (including phenoxy) is 1. The maximum Gasteiger partial charge on any atom is 0.233 e. The van der Waals surface area contributed by atoms with Crippen LogP contribution in [0.4, 0.5) is 33.6 Å². The smallest absolute Gasteiger partial charge is 0.233 e. The van der Waals surface area contributed by atoms with E-state index in [4.69, 9.17) is 16.3 Å². The molecule has 0 saturated carbocycles. The second-order valence-electron chi connectivity index (χ2n) is 6.15. The van der Waals surface area contributed by atoms with Crippen LogP contribution in [0.2, 0.25) is 5.02 Å². The average molecular weight is 437 g/mol. The Kier molecular flexibility index (Phi) is 7.03. The lowest BCUT2D eigenvalue weighted by molar-refractivity contribution is 0.122. The van der Waals surface area contributed by atoms with Gasteiger partial charge in [-0.1, -0.05) is 17.7 Å². The molecule has 1 aliphatic heterocycles. The van der Waals surface area contributed by atoms with Crippen molar-refractivity contribution in [2.75, 3.05) is 41.8 Å². The molecule has 2 aromatic carbocycles. The quantitative estimate of drug-likeness (QED) is 0.613. The molecule has 1 fully saturated rings. The molecule has 2 N–H and O–H groups in total. The van der Waals surface area contributed by atoms with Gasteiger partial charge in [0.2, 0.25) is 17.8 Å². The first-order valence-electron chi connectivity index (χ1n) is 8.80. The topological polar surface area (TPSA) is 75.2 Å². The van der Waals surface area contributed by atoms with Gasteiger partial charge in [-0.05, 0) is 42.5 Å². The van der Waals surface area contributed by atoms with Crippen LogP contribution in [-0.2, 0) is 4.74 Å². The monoisotopic (exact) mass is 436 g/mol. The van der Waals surface area contributed by atoms with Crippen molar-refractivity contribution in [1.82, 2.24) is 15.0 Å². The fourth-order valence-corrected chi connectivity index (χ4v) is 2.93. The van der Waals surface area contributed by atoms with Crippen molar-refractivity contribution >= 4 is 53.2 Å². The van der Waals surface area contributed by atoms with E-state index in [0.29, 0.717) is 54.9 Å². The Hall–Kier alpha value is -2.68. The molecule has 152 valence electrons. The van der Waals surface area contributed by atoms with Gasteiger partial charge in [-0.2, -0.15) is 15.0 Å². The Morgan fingerprint density at radius 2 is 1.55 bits per heavy atom. The summed E-state index contributed by atoms with van der Waals surface area (Å²) in [4.78, 5) is 15.5. The number of morpholine rings is 1. The molecule has 0 bridgehead atoms. The van der Waals surface area contributed by atoms with Gasteiger partial charge in [0.1, 0.15) is 5.82 Å². The van der Waals surface area contributed by atoms with E-state index in [1.807, 2.05) is 17.0 Å². The van der Waals surface area contributed by atoms with Gasteiger partial charge in [0, 0.05) is 29.5 Å². The molecule has 4 rings (SSSR count). The zero-order chi connectivity index (χ0) is 19.3. The Morgan fingerprint density at radius 1 is 0.897 bits per heavy atom. The Labute approximate surface area is 178 Å². The summed E-state index contributed by atoms with van der Waals surface area (Å²) in [6, 6.07) is 13.3. The lowest BCUT2D eigenvalue weighted by Crippen LogP contribution is -2.37. The largest absolute Gasteiger partial charge is 0.378 e. The van der Waals surface area contributed by atoms with E-state index in [1.165, 1.54) is 12.1 Å². The number of anilines is 5. The van der Waals surface area contributed by atoms with E-state index in [2.05, 4.69) is 25.6 Å². The second-order valence-corrected chi connectivity index (χ2v) is 6.59. The molecule has 0 spiro atoms. The molecule has 0 unspecified atom stereocenters. The van der Waals surface area contributed by atoms with Gasteiger partial charge < -0.3 is 20.3 Å². The van der Waals surface area contributed by atoms with Crippen LogP contribution in [0.15, 0.2) is 48.5 Å². The highest BCUT2D eigenvalue weighted by atomic mass is 35.5. The van der Waals surface area contributed by atoms with Crippen LogP contribution >= 0.6 is 24.0 Å². The molecule has 29 heavy (non-hydrogen) atoms. The molecule has 1 aromatic heterocycles. The van der Waals surface area contributed by atoms with Gasteiger partial charge in [-0.15, -0.1) is 12.4 Å². The molecule has 1 saturated heterocycles. The average Bonchev–Trinajstić information content (AvgIpc) is 2.70. The van der Waals surface area contributed by atoms with Crippen molar-refractivity contribution in [2.45, 2.75) is 0 Å². The van der Waals surface area contributed by atoms with E-state index in [9.17, 15) is 4.39 Å². The SMILES string of the molecule is Cl.Fc1ccc(Nc2nc(Nc3cccc(Cl)c3)nc(N3CCOCC3)n2)cc1. The first kappa shape index (κ1) is 21.0. The molecule has 0 radical (unpaired) electrons. The number of halogens is 3. The lowest BCUT2D eigenvalue weighted by atomic mass is 10.3. The van der Waals surface area contributed by atoms with E-state index in [0.717, 1.165) is 5.69 Å². The van der Waals surface area contributed by atoms with Crippen molar-refractivity contribution in [3.8, 4) is 0 Å². The molecular weight excluding hydrogens is 418 g/mol. The van der Waals surface area contributed by atoms with Crippen molar-refractivity contribution in [1.29, 1.82) is 0 Å². The van der Waals surface area contributed by atoms with Crippen LogP contribution < -0.4 is 15.5 Å². The summed E-state index contributed by atoms with van der Waals surface area (Å²) in [6.07, 6.45) is 0. The third-order valence-corrected chi connectivity index (χ3v) is 4.33.